The van der Waals surface area contributed by atoms with Crippen molar-refractivity contribution < 1.29 is 27.5 Å². The summed E-state index contributed by atoms with van der Waals surface area (Å²) in [7, 11) is 0. The van der Waals surface area contributed by atoms with Gasteiger partial charge in [-0.1, -0.05) is 19.6 Å². The summed E-state index contributed by atoms with van der Waals surface area (Å²) >= 11 is 0. The molecule has 8 rings (SSSR count). The van der Waals surface area contributed by atoms with Gasteiger partial charge >= 0.3 is 6.18 Å². The highest BCUT2D eigenvalue weighted by Gasteiger charge is 2.47. The maximum absolute atomic E-state index is 13.9. The molecule has 4 aliphatic rings. The second-order valence-corrected chi connectivity index (χ2v) is 14.5. The Hall–Kier alpha value is -4.68. The van der Waals surface area contributed by atoms with Crippen molar-refractivity contribution in [3.63, 3.8) is 0 Å². The SMILES string of the molecule is C=CC(=O)N1CC2(CCN(c3nc(C4CN(C(=O)C5CC5)C4)nc4c(OCC(F)(F)F)c(-c5c(C)ccc6[nH]ncc56)c(CC)cc34)CC2)C1. The second kappa shape index (κ2) is 12.0. The number of carbonyl (C=O) groups excluding carboxylic acids is 2. The fraction of sp³-hybridized carbons (Fsp3) is 0.486. The molecule has 2 aromatic carbocycles. The Labute approximate surface area is 287 Å². The summed E-state index contributed by atoms with van der Waals surface area (Å²) < 4.78 is 47.7. The minimum Gasteiger partial charge on any atom is -0.481 e. The Morgan fingerprint density at radius 2 is 1.82 bits per heavy atom. The van der Waals surface area contributed by atoms with Crippen LogP contribution >= 0.6 is 0 Å². The number of piperidine rings is 1. The number of rotatable bonds is 8. The van der Waals surface area contributed by atoms with Crippen molar-refractivity contribution in [2.45, 2.75) is 58.0 Å². The monoisotopic (exact) mass is 687 g/mol. The van der Waals surface area contributed by atoms with Gasteiger partial charge in [-0.25, -0.2) is 9.97 Å². The second-order valence-electron chi connectivity index (χ2n) is 14.5. The minimum atomic E-state index is -4.58. The molecule has 50 heavy (non-hydrogen) atoms. The third kappa shape index (κ3) is 5.64. The van der Waals surface area contributed by atoms with E-state index in [2.05, 4.69) is 21.7 Å². The molecule has 0 radical (unpaired) electrons. The molecule has 0 unspecified atom stereocenters. The molecular formula is C37H40F3N7O3. The van der Waals surface area contributed by atoms with Gasteiger partial charge in [-0.05, 0) is 73.9 Å². The molecule has 13 heteroatoms. The highest BCUT2D eigenvalue weighted by atomic mass is 19.4. The Morgan fingerprint density at radius 1 is 1.08 bits per heavy atom. The molecule has 4 aromatic rings. The van der Waals surface area contributed by atoms with Crippen LogP contribution in [0.5, 0.6) is 5.75 Å². The molecule has 262 valence electrons. The van der Waals surface area contributed by atoms with Gasteiger partial charge in [-0.2, -0.15) is 18.3 Å². The summed E-state index contributed by atoms with van der Waals surface area (Å²) in [5, 5.41) is 8.65. The smallest absolute Gasteiger partial charge is 0.422 e. The number of halogens is 3. The third-order valence-electron chi connectivity index (χ3n) is 11.0. The number of aryl methyl sites for hydroxylation is 2. The van der Waals surface area contributed by atoms with Gasteiger partial charge in [0.15, 0.2) is 12.4 Å². The van der Waals surface area contributed by atoms with Crippen LogP contribution in [0.2, 0.25) is 0 Å². The molecule has 0 bridgehead atoms. The lowest BCUT2D eigenvalue weighted by Gasteiger charge is -2.54. The van der Waals surface area contributed by atoms with Crippen molar-refractivity contribution >= 4 is 39.4 Å². The summed E-state index contributed by atoms with van der Waals surface area (Å²) in [6.07, 6.45) is 2.51. The number of carbonyl (C=O) groups is 2. The first-order valence-corrected chi connectivity index (χ1v) is 17.4. The largest absolute Gasteiger partial charge is 0.481 e. The number of nitrogens with zero attached hydrogens (tertiary/aromatic N) is 6. The molecule has 3 aliphatic heterocycles. The zero-order valence-electron chi connectivity index (χ0n) is 28.3. The van der Waals surface area contributed by atoms with E-state index in [1.54, 1.807) is 6.20 Å². The van der Waals surface area contributed by atoms with E-state index in [0.29, 0.717) is 73.8 Å². The van der Waals surface area contributed by atoms with Crippen LogP contribution in [-0.2, 0) is 16.0 Å². The summed E-state index contributed by atoms with van der Waals surface area (Å²) in [6, 6.07) is 5.85. The Balaban J connectivity index is 1.26. The predicted octanol–water partition coefficient (Wildman–Crippen LogP) is 5.94. The van der Waals surface area contributed by atoms with Crippen molar-refractivity contribution in [3.8, 4) is 16.9 Å². The van der Waals surface area contributed by atoms with Gasteiger partial charge in [0.2, 0.25) is 11.8 Å². The van der Waals surface area contributed by atoms with Gasteiger partial charge in [-0.15, -0.1) is 0 Å². The van der Waals surface area contributed by atoms with Crippen LogP contribution in [0.15, 0.2) is 37.1 Å². The quantitative estimate of drug-likeness (QED) is 0.229. The summed E-state index contributed by atoms with van der Waals surface area (Å²) in [4.78, 5) is 41.0. The standard InChI is InChI=1S/C37H40F3N7O3/c1-4-22-14-25-31(32(50-20-37(38,39)40)30(22)29-21(3)6-9-27-26(29)15-41-44-27)42-33(24-16-46(17-24)35(49)23-7-8-23)43-34(25)45-12-10-36(11-13-45)18-47(19-36)28(48)5-2/h5-6,9,14-15,23-24H,2,4,7-8,10-13,16-20H2,1,3H3,(H,41,44). The van der Waals surface area contributed by atoms with E-state index in [9.17, 15) is 22.8 Å². The molecule has 1 saturated carbocycles. The van der Waals surface area contributed by atoms with Crippen molar-refractivity contribution in [2.75, 3.05) is 50.8 Å². The van der Waals surface area contributed by atoms with Crippen LogP contribution in [0.25, 0.3) is 32.9 Å². The highest BCUT2D eigenvalue weighted by molar-refractivity contribution is 6.05. The summed E-state index contributed by atoms with van der Waals surface area (Å²) in [6.45, 7) is 9.73. The molecule has 2 aromatic heterocycles. The molecule has 1 spiro atoms. The number of aromatic amines is 1. The fourth-order valence-electron chi connectivity index (χ4n) is 7.99. The first-order valence-electron chi connectivity index (χ1n) is 17.4. The van der Waals surface area contributed by atoms with Crippen LogP contribution in [0.3, 0.4) is 0 Å². The normalized spacial score (nSPS) is 19.2. The van der Waals surface area contributed by atoms with Crippen LogP contribution in [0.1, 0.15) is 55.5 Å². The van der Waals surface area contributed by atoms with E-state index in [1.807, 2.05) is 41.8 Å². The van der Waals surface area contributed by atoms with Crippen LogP contribution < -0.4 is 9.64 Å². The van der Waals surface area contributed by atoms with Gasteiger partial charge in [0.1, 0.15) is 17.2 Å². The highest BCUT2D eigenvalue weighted by Crippen LogP contribution is 2.48. The predicted molar refractivity (Wildman–Crippen MR) is 183 cm³/mol. The molecule has 10 nitrogen and oxygen atoms in total. The number of anilines is 1. The lowest BCUT2D eigenvalue weighted by atomic mass is 9.72. The van der Waals surface area contributed by atoms with Gasteiger partial charge in [0.25, 0.3) is 0 Å². The molecule has 1 aliphatic carbocycles. The number of aromatic nitrogens is 4. The van der Waals surface area contributed by atoms with Gasteiger partial charge in [-0.3, -0.25) is 14.7 Å². The van der Waals surface area contributed by atoms with Crippen molar-refractivity contribution in [2.24, 2.45) is 11.3 Å². The number of benzene rings is 2. The number of H-pyrrole nitrogens is 1. The molecule has 0 atom stereocenters. The zero-order valence-corrected chi connectivity index (χ0v) is 28.3. The number of amides is 2. The molecule has 4 fully saturated rings. The molecule has 1 N–H and O–H groups in total. The van der Waals surface area contributed by atoms with Crippen LogP contribution in [0.4, 0.5) is 19.0 Å². The van der Waals surface area contributed by atoms with E-state index in [0.717, 1.165) is 53.3 Å². The van der Waals surface area contributed by atoms with Gasteiger partial charge < -0.3 is 19.4 Å². The number of alkyl halides is 3. The third-order valence-corrected chi connectivity index (χ3v) is 11.0. The first kappa shape index (κ1) is 32.5. The van der Waals surface area contributed by atoms with E-state index in [1.165, 1.54) is 6.08 Å². The first-order chi connectivity index (χ1) is 24.0. The van der Waals surface area contributed by atoms with E-state index in [-0.39, 0.29) is 34.8 Å². The van der Waals surface area contributed by atoms with Crippen molar-refractivity contribution in [1.82, 2.24) is 30.0 Å². The number of hydrogen-bond donors (Lipinski definition) is 1. The number of fused-ring (bicyclic) bond motifs is 2. The van der Waals surface area contributed by atoms with Gasteiger partial charge in [0, 0.05) is 66.9 Å². The zero-order chi connectivity index (χ0) is 34.9. The topological polar surface area (TPSA) is 108 Å². The number of hydrogen-bond acceptors (Lipinski definition) is 7. The fourth-order valence-corrected chi connectivity index (χ4v) is 7.99. The Morgan fingerprint density at radius 3 is 2.48 bits per heavy atom. The maximum Gasteiger partial charge on any atom is 0.422 e. The van der Waals surface area contributed by atoms with Crippen LogP contribution in [0, 0.1) is 18.3 Å². The van der Waals surface area contributed by atoms with E-state index in [4.69, 9.17) is 14.7 Å². The minimum absolute atomic E-state index is 0.0298. The molecule has 2 amide bonds. The number of nitrogens with one attached hydrogen (secondary N) is 1. The Bertz CT molecular complexity index is 2020. The summed E-state index contributed by atoms with van der Waals surface area (Å²) in [5.41, 5.74) is 4.14. The average Bonchev–Trinajstić information content (AvgIpc) is 3.81. The van der Waals surface area contributed by atoms with Crippen molar-refractivity contribution in [1.29, 1.82) is 0 Å². The van der Waals surface area contributed by atoms with Crippen molar-refractivity contribution in [3.05, 3.63) is 54.0 Å². The van der Waals surface area contributed by atoms with E-state index < -0.39 is 12.8 Å². The van der Waals surface area contributed by atoms with Gasteiger partial charge in [0.05, 0.1) is 17.6 Å². The lowest BCUT2D eigenvalue weighted by molar-refractivity contribution is -0.153. The molecular weight excluding hydrogens is 647 g/mol. The average molecular weight is 688 g/mol. The molecule has 3 saturated heterocycles. The van der Waals surface area contributed by atoms with Crippen LogP contribution in [-0.4, -0.2) is 93.8 Å². The molecule has 5 heterocycles. The Kier molecular flexibility index (Phi) is 7.79. The maximum atomic E-state index is 13.9. The number of ether oxygens (including phenoxy) is 1. The lowest BCUT2D eigenvalue weighted by Crippen LogP contribution is -2.61. The number of likely N-dealkylation sites (tertiary alicyclic amines) is 2. The summed E-state index contributed by atoms with van der Waals surface area (Å²) in [5.74, 6) is 1.29. The van der Waals surface area contributed by atoms with E-state index >= 15 is 0 Å².